The Hall–Kier alpha value is -0.900. The first-order chi connectivity index (χ1) is 5.24. The van der Waals surface area contributed by atoms with Gasteiger partial charge in [0.15, 0.2) is 0 Å². The zero-order valence-corrected chi connectivity index (χ0v) is 7.46. The molecule has 0 N–H and O–H groups in total. The summed E-state index contributed by atoms with van der Waals surface area (Å²) < 4.78 is 5.26. The van der Waals surface area contributed by atoms with E-state index < -0.39 is 0 Å². The molecule has 1 aromatic heterocycles. The van der Waals surface area contributed by atoms with Crippen LogP contribution in [0.25, 0.3) is 0 Å². The van der Waals surface area contributed by atoms with Crippen LogP contribution in [-0.4, -0.2) is 18.1 Å². The molecule has 0 aliphatic rings. The van der Waals surface area contributed by atoms with E-state index in [1.807, 2.05) is 0 Å². The smallest absolute Gasteiger partial charge is 0.339 e. The van der Waals surface area contributed by atoms with Gasteiger partial charge in [0.2, 0.25) is 0 Å². The highest BCUT2D eigenvalue weighted by Crippen LogP contribution is 2.09. The summed E-state index contributed by atoms with van der Waals surface area (Å²) in [6.45, 7) is 0. The minimum Gasteiger partial charge on any atom is -0.465 e. The van der Waals surface area contributed by atoms with Crippen LogP contribution in [-0.2, 0) is 4.74 Å². The molecule has 1 rings (SSSR count). The lowest BCUT2D eigenvalue weighted by molar-refractivity contribution is 0.0600. The molecule has 66 valence electrons. The Morgan fingerprint density at radius 2 is 2.25 bits per heavy atom. The van der Waals surface area contributed by atoms with Crippen LogP contribution in [0.3, 0.4) is 0 Å². The lowest BCUT2D eigenvalue weighted by Gasteiger charge is -1.97. The van der Waals surface area contributed by atoms with Gasteiger partial charge in [-0.1, -0.05) is 7.43 Å². The van der Waals surface area contributed by atoms with Crippen LogP contribution in [0.5, 0.6) is 0 Å². The van der Waals surface area contributed by atoms with Crippen molar-refractivity contribution in [3.8, 4) is 0 Å². The Labute approximate surface area is 79.9 Å². The molecule has 3 nitrogen and oxygen atoms in total. The fourth-order valence-corrected chi connectivity index (χ4v) is 1.01. The highest BCUT2D eigenvalue weighted by molar-refractivity contribution is 9.10. The second-order valence-electron chi connectivity index (χ2n) is 1.88. The number of pyridine rings is 1. The van der Waals surface area contributed by atoms with E-state index in [2.05, 4.69) is 25.7 Å². The Bertz CT molecular complexity index is 276. The van der Waals surface area contributed by atoms with Gasteiger partial charge in [-0.3, -0.25) is 4.98 Å². The molecule has 0 unspecified atom stereocenters. The fourth-order valence-electron chi connectivity index (χ4n) is 0.641. The van der Waals surface area contributed by atoms with Crippen molar-refractivity contribution < 1.29 is 9.53 Å². The first-order valence-corrected chi connectivity index (χ1v) is 3.72. The molecule has 0 atom stereocenters. The molecule has 0 aliphatic heterocycles. The normalized spacial score (nSPS) is 8.50. The number of carbonyl (C=O) groups excluding carboxylic acids is 1. The minimum atomic E-state index is -0.376. The maximum absolute atomic E-state index is 10.9. The van der Waals surface area contributed by atoms with Gasteiger partial charge in [0, 0.05) is 16.9 Å². The van der Waals surface area contributed by atoms with Crippen molar-refractivity contribution in [2.45, 2.75) is 7.43 Å². The average molecular weight is 232 g/mol. The van der Waals surface area contributed by atoms with Crippen LogP contribution in [0.2, 0.25) is 0 Å². The van der Waals surface area contributed by atoms with Crippen molar-refractivity contribution in [2.75, 3.05) is 7.11 Å². The predicted octanol–water partition coefficient (Wildman–Crippen LogP) is 2.27. The number of carbonyl (C=O) groups is 1. The largest absolute Gasteiger partial charge is 0.465 e. The van der Waals surface area contributed by atoms with Crippen molar-refractivity contribution in [3.05, 3.63) is 28.5 Å². The summed E-state index contributed by atoms with van der Waals surface area (Å²) in [5, 5.41) is 0. The van der Waals surface area contributed by atoms with Gasteiger partial charge in [-0.15, -0.1) is 0 Å². The highest BCUT2D eigenvalue weighted by Gasteiger charge is 2.04. The van der Waals surface area contributed by atoms with Crippen LogP contribution in [0, 0.1) is 0 Å². The number of nitrogens with zero attached hydrogens (tertiary/aromatic N) is 1. The van der Waals surface area contributed by atoms with Crippen LogP contribution in [0.1, 0.15) is 17.8 Å². The van der Waals surface area contributed by atoms with Crippen LogP contribution < -0.4 is 0 Å². The molecular weight excluding hydrogens is 222 g/mol. The molecule has 1 aromatic rings. The quantitative estimate of drug-likeness (QED) is 0.697. The van der Waals surface area contributed by atoms with Gasteiger partial charge in [-0.2, -0.15) is 0 Å². The summed E-state index contributed by atoms with van der Waals surface area (Å²) in [6.07, 6.45) is 3.06. The molecule has 0 fully saturated rings. The third kappa shape index (κ3) is 2.62. The molecule has 0 saturated heterocycles. The summed E-state index contributed by atoms with van der Waals surface area (Å²) in [6, 6.07) is 1.65. The maximum atomic E-state index is 10.9. The van der Waals surface area contributed by atoms with E-state index in [1.54, 1.807) is 12.3 Å². The molecule has 4 heteroatoms. The minimum absolute atomic E-state index is 0. The molecule has 0 amide bonds. The van der Waals surface area contributed by atoms with Crippen molar-refractivity contribution >= 4 is 21.9 Å². The number of hydrogen-bond donors (Lipinski definition) is 0. The van der Waals surface area contributed by atoms with Gasteiger partial charge >= 0.3 is 5.97 Å². The molecule has 1 heterocycles. The number of rotatable bonds is 1. The van der Waals surface area contributed by atoms with Gasteiger partial charge in [-0.25, -0.2) is 4.79 Å². The van der Waals surface area contributed by atoms with Gasteiger partial charge in [0.05, 0.1) is 12.7 Å². The summed E-state index contributed by atoms with van der Waals surface area (Å²) in [4.78, 5) is 14.7. The molecule has 0 aliphatic carbocycles. The summed E-state index contributed by atoms with van der Waals surface area (Å²) in [5.74, 6) is -0.376. The SMILES string of the molecule is C.COC(=O)c1cncc(Br)c1. The number of esters is 1. The average Bonchev–Trinajstić information content (AvgIpc) is 2.03. The second kappa shape index (κ2) is 4.87. The van der Waals surface area contributed by atoms with E-state index in [0.717, 1.165) is 4.47 Å². The number of aromatic nitrogens is 1. The first kappa shape index (κ1) is 11.1. The Morgan fingerprint density at radius 1 is 1.58 bits per heavy atom. The van der Waals surface area contributed by atoms with E-state index in [1.165, 1.54) is 13.3 Å². The number of hydrogen-bond acceptors (Lipinski definition) is 3. The van der Waals surface area contributed by atoms with Crippen molar-refractivity contribution in [2.24, 2.45) is 0 Å². The topological polar surface area (TPSA) is 39.2 Å². The fraction of sp³-hybridized carbons (Fsp3) is 0.250. The second-order valence-corrected chi connectivity index (χ2v) is 2.80. The maximum Gasteiger partial charge on any atom is 0.339 e. The Balaban J connectivity index is 0.00000121. The molecular formula is C8H10BrNO2. The van der Waals surface area contributed by atoms with Crippen molar-refractivity contribution in [3.63, 3.8) is 0 Å². The zero-order valence-electron chi connectivity index (χ0n) is 5.87. The third-order valence-electron chi connectivity index (χ3n) is 1.13. The van der Waals surface area contributed by atoms with Gasteiger partial charge < -0.3 is 4.74 Å². The summed E-state index contributed by atoms with van der Waals surface area (Å²) in [7, 11) is 1.34. The third-order valence-corrected chi connectivity index (χ3v) is 1.56. The molecule has 12 heavy (non-hydrogen) atoms. The Kier molecular flexibility index (Phi) is 4.51. The standard InChI is InChI=1S/C7H6BrNO2.CH4/c1-11-7(10)5-2-6(8)4-9-3-5;/h2-4H,1H3;1H4. The van der Waals surface area contributed by atoms with E-state index in [4.69, 9.17) is 0 Å². The molecule has 0 saturated carbocycles. The first-order valence-electron chi connectivity index (χ1n) is 2.93. The summed E-state index contributed by atoms with van der Waals surface area (Å²) >= 11 is 3.19. The van der Waals surface area contributed by atoms with Gasteiger partial charge in [-0.05, 0) is 22.0 Å². The van der Waals surface area contributed by atoms with Gasteiger partial charge in [0.1, 0.15) is 0 Å². The monoisotopic (exact) mass is 231 g/mol. The highest BCUT2D eigenvalue weighted by atomic mass is 79.9. The van der Waals surface area contributed by atoms with Crippen molar-refractivity contribution in [1.29, 1.82) is 0 Å². The Morgan fingerprint density at radius 3 is 2.75 bits per heavy atom. The van der Waals surface area contributed by atoms with Crippen molar-refractivity contribution in [1.82, 2.24) is 4.98 Å². The zero-order chi connectivity index (χ0) is 8.27. The van der Waals surface area contributed by atoms with E-state index in [-0.39, 0.29) is 13.4 Å². The van der Waals surface area contributed by atoms with E-state index in [0.29, 0.717) is 5.56 Å². The number of ether oxygens (including phenoxy) is 1. The van der Waals surface area contributed by atoms with Crippen LogP contribution in [0.15, 0.2) is 22.9 Å². The number of methoxy groups -OCH3 is 1. The molecule has 0 radical (unpaired) electrons. The molecule has 0 bridgehead atoms. The van der Waals surface area contributed by atoms with Crippen LogP contribution in [0.4, 0.5) is 0 Å². The molecule has 0 spiro atoms. The van der Waals surface area contributed by atoms with E-state index in [9.17, 15) is 4.79 Å². The molecule has 0 aromatic carbocycles. The number of halogens is 1. The van der Waals surface area contributed by atoms with Crippen LogP contribution >= 0.6 is 15.9 Å². The van der Waals surface area contributed by atoms with Gasteiger partial charge in [0.25, 0.3) is 0 Å². The lowest BCUT2D eigenvalue weighted by atomic mass is 10.3. The predicted molar refractivity (Wildman–Crippen MR) is 50.0 cm³/mol. The summed E-state index contributed by atoms with van der Waals surface area (Å²) in [5.41, 5.74) is 0.446. The van der Waals surface area contributed by atoms with E-state index >= 15 is 0 Å². The lowest BCUT2D eigenvalue weighted by Crippen LogP contribution is -2.01.